The van der Waals surface area contributed by atoms with E-state index in [9.17, 15) is 0 Å². The van der Waals surface area contributed by atoms with E-state index in [2.05, 4.69) is 25.9 Å². The molecule has 0 spiro atoms. The Kier molecular flexibility index (Phi) is 3.73. The Morgan fingerprint density at radius 2 is 1.89 bits per heavy atom. The van der Waals surface area contributed by atoms with E-state index in [-0.39, 0.29) is 0 Å². The van der Waals surface area contributed by atoms with Crippen LogP contribution >= 0.6 is 39.3 Å². The Morgan fingerprint density at radius 1 is 1.05 bits per heavy atom. The largest absolute Gasteiger partial charge is 0.254 e. The Bertz CT molecular complexity index is 748. The lowest BCUT2D eigenvalue weighted by molar-refractivity contribution is 1.26. The molecular formula is C14H8BrClN2S. The van der Waals surface area contributed by atoms with Crippen molar-refractivity contribution >= 4 is 50.3 Å². The summed E-state index contributed by atoms with van der Waals surface area (Å²) in [6.45, 7) is 0. The summed E-state index contributed by atoms with van der Waals surface area (Å²) in [7, 11) is 0. The van der Waals surface area contributed by atoms with E-state index in [0.717, 1.165) is 30.3 Å². The van der Waals surface area contributed by atoms with E-state index in [0.29, 0.717) is 0 Å². The number of hydrogen-bond donors (Lipinski definition) is 0. The molecule has 0 aliphatic rings. The van der Waals surface area contributed by atoms with Crippen LogP contribution in [-0.4, -0.2) is 9.97 Å². The van der Waals surface area contributed by atoms with Gasteiger partial charge in [0.05, 0.1) is 10.5 Å². The van der Waals surface area contributed by atoms with Gasteiger partial charge >= 0.3 is 0 Å². The first kappa shape index (κ1) is 12.9. The van der Waals surface area contributed by atoms with Gasteiger partial charge < -0.3 is 0 Å². The first-order chi connectivity index (χ1) is 9.24. The van der Waals surface area contributed by atoms with Crippen molar-refractivity contribution in [2.24, 2.45) is 0 Å². The maximum Gasteiger partial charge on any atom is 0.103 e. The van der Waals surface area contributed by atoms with Gasteiger partial charge in [0.1, 0.15) is 5.52 Å². The van der Waals surface area contributed by atoms with E-state index in [1.807, 2.05) is 36.4 Å². The van der Waals surface area contributed by atoms with Gasteiger partial charge in [0, 0.05) is 26.7 Å². The summed E-state index contributed by atoms with van der Waals surface area (Å²) < 4.78 is 0.924. The Balaban J connectivity index is 2.09. The second-order valence-electron chi connectivity index (χ2n) is 3.86. The van der Waals surface area contributed by atoms with Crippen LogP contribution in [0.4, 0.5) is 0 Å². The highest BCUT2D eigenvalue weighted by Gasteiger charge is 2.07. The number of aromatic nitrogens is 2. The third kappa shape index (κ3) is 2.76. The summed E-state index contributed by atoms with van der Waals surface area (Å²) in [4.78, 5) is 10.8. The van der Waals surface area contributed by atoms with Crippen LogP contribution < -0.4 is 0 Å². The third-order valence-electron chi connectivity index (χ3n) is 2.56. The van der Waals surface area contributed by atoms with Crippen LogP contribution in [-0.2, 0) is 0 Å². The van der Waals surface area contributed by atoms with Gasteiger partial charge in [-0.1, -0.05) is 35.5 Å². The minimum atomic E-state index is 0.745. The molecule has 0 bridgehead atoms. The molecule has 1 aromatic carbocycles. The molecule has 0 aliphatic heterocycles. The van der Waals surface area contributed by atoms with Crippen LogP contribution in [0.5, 0.6) is 0 Å². The molecule has 0 saturated heterocycles. The van der Waals surface area contributed by atoms with E-state index >= 15 is 0 Å². The zero-order chi connectivity index (χ0) is 13.2. The highest BCUT2D eigenvalue weighted by atomic mass is 79.9. The van der Waals surface area contributed by atoms with Crippen molar-refractivity contribution < 1.29 is 0 Å². The van der Waals surface area contributed by atoms with Gasteiger partial charge in [-0.3, -0.25) is 9.97 Å². The van der Waals surface area contributed by atoms with Gasteiger partial charge in [0.25, 0.3) is 0 Å². The molecule has 3 aromatic rings. The molecule has 0 atom stereocenters. The van der Waals surface area contributed by atoms with Gasteiger partial charge in [0.2, 0.25) is 0 Å². The van der Waals surface area contributed by atoms with Gasteiger partial charge in [-0.15, -0.1) is 0 Å². The van der Waals surface area contributed by atoms with Gasteiger partial charge in [-0.05, 0) is 40.2 Å². The predicted octanol–water partition coefficient (Wildman–Crippen LogP) is 5.20. The quantitative estimate of drug-likeness (QED) is 0.635. The number of fused-ring (bicyclic) bond motifs is 1. The van der Waals surface area contributed by atoms with E-state index in [1.165, 1.54) is 0 Å². The summed E-state index contributed by atoms with van der Waals surface area (Å²) in [5, 5.41) is 0.745. The van der Waals surface area contributed by atoms with Gasteiger partial charge in [0.15, 0.2) is 0 Å². The van der Waals surface area contributed by atoms with Crippen molar-refractivity contribution in [1.82, 2.24) is 9.97 Å². The van der Waals surface area contributed by atoms with Crippen molar-refractivity contribution in [3.05, 3.63) is 58.3 Å². The SMILES string of the molecule is Clc1ccccc1Sc1ccnc2cc(Br)cnc12. The lowest BCUT2D eigenvalue weighted by Crippen LogP contribution is -1.86. The first-order valence-corrected chi connectivity index (χ1v) is 7.55. The van der Waals surface area contributed by atoms with Crippen LogP contribution in [0.15, 0.2) is 63.1 Å². The van der Waals surface area contributed by atoms with E-state index in [1.54, 1.807) is 24.2 Å². The average molecular weight is 352 g/mol. The summed E-state index contributed by atoms with van der Waals surface area (Å²) in [6, 6.07) is 11.7. The zero-order valence-corrected chi connectivity index (χ0v) is 12.8. The number of pyridine rings is 2. The van der Waals surface area contributed by atoms with Crippen LogP contribution in [0.3, 0.4) is 0 Å². The Morgan fingerprint density at radius 3 is 2.74 bits per heavy atom. The fourth-order valence-electron chi connectivity index (χ4n) is 1.71. The van der Waals surface area contributed by atoms with Crippen molar-refractivity contribution in [3.63, 3.8) is 0 Å². The number of rotatable bonds is 2. The van der Waals surface area contributed by atoms with Crippen LogP contribution in [0.1, 0.15) is 0 Å². The second-order valence-corrected chi connectivity index (χ2v) is 6.27. The maximum absolute atomic E-state index is 6.19. The standard InChI is InChI=1S/C14H8BrClN2S/c15-9-7-11-14(18-8-9)13(5-6-17-11)19-12-4-2-1-3-10(12)16/h1-8H. The molecule has 0 unspecified atom stereocenters. The second kappa shape index (κ2) is 5.49. The van der Waals surface area contributed by atoms with E-state index < -0.39 is 0 Å². The third-order valence-corrected chi connectivity index (χ3v) is 4.56. The Labute approximate surface area is 128 Å². The molecule has 0 aliphatic carbocycles. The minimum Gasteiger partial charge on any atom is -0.254 e. The van der Waals surface area contributed by atoms with Gasteiger partial charge in [-0.2, -0.15) is 0 Å². The summed E-state index contributed by atoms with van der Waals surface area (Å²) in [5.41, 5.74) is 1.75. The maximum atomic E-state index is 6.19. The smallest absolute Gasteiger partial charge is 0.103 e. The zero-order valence-electron chi connectivity index (χ0n) is 9.68. The lowest BCUT2D eigenvalue weighted by Gasteiger charge is -2.06. The molecule has 0 N–H and O–H groups in total. The molecule has 3 rings (SSSR count). The number of halogens is 2. The number of benzene rings is 1. The summed E-state index contributed by atoms with van der Waals surface area (Å²) >= 11 is 11.2. The summed E-state index contributed by atoms with van der Waals surface area (Å²) in [5.74, 6) is 0. The molecule has 5 heteroatoms. The van der Waals surface area contributed by atoms with Crippen molar-refractivity contribution in [1.29, 1.82) is 0 Å². The normalized spacial score (nSPS) is 10.8. The monoisotopic (exact) mass is 350 g/mol. The minimum absolute atomic E-state index is 0.745. The molecule has 0 saturated carbocycles. The molecule has 94 valence electrons. The molecule has 0 radical (unpaired) electrons. The first-order valence-electron chi connectivity index (χ1n) is 5.57. The number of hydrogen-bond acceptors (Lipinski definition) is 3. The lowest BCUT2D eigenvalue weighted by atomic mass is 10.3. The van der Waals surface area contributed by atoms with Crippen molar-refractivity contribution in [3.8, 4) is 0 Å². The van der Waals surface area contributed by atoms with Crippen molar-refractivity contribution in [2.45, 2.75) is 9.79 Å². The van der Waals surface area contributed by atoms with Crippen LogP contribution in [0, 0.1) is 0 Å². The number of nitrogens with zero attached hydrogens (tertiary/aromatic N) is 2. The average Bonchev–Trinajstić information content (AvgIpc) is 2.41. The molecular weight excluding hydrogens is 344 g/mol. The topological polar surface area (TPSA) is 25.8 Å². The highest BCUT2D eigenvalue weighted by molar-refractivity contribution is 9.10. The summed E-state index contributed by atoms with van der Waals surface area (Å²) in [6.07, 6.45) is 3.57. The Hall–Kier alpha value is -1.10. The molecule has 2 nitrogen and oxygen atoms in total. The van der Waals surface area contributed by atoms with Crippen molar-refractivity contribution in [2.75, 3.05) is 0 Å². The molecule has 0 amide bonds. The predicted molar refractivity (Wildman–Crippen MR) is 82.8 cm³/mol. The molecule has 19 heavy (non-hydrogen) atoms. The fraction of sp³-hybridized carbons (Fsp3) is 0. The van der Waals surface area contributed by atoms with E-state index in [4.69, 9.17) is 11.6 Å². The molecule has 0 fully saturated rings. The van der Waals surface area contributed by atoms with Crippen LogP contribution in [0.25, 0.3) is 11.0 Å². The molecule has 2 heterocycles. The van der Waals surface area contributed by atoms with Gasteiger partial charge in [-0.25, -0.2) is 0 Å². The van der Waals surface area contributed by atoms with Crippen LogP contribution in [0.2, 0.25) is 5.02 Å². The fourth-order valence-corrected chi connectivity index (χ4v) is 3.21. The highest BCUT2D eigenvalue weighted by Crippen LogP contribution is 2.35. The molecule has 2 aromatic heterocycles.